The number of nitrogen functional groups attached to an aromatic ring is 1. The molecule has 0 fully saturated rings. The number of carbonyl (C=O) groups excluding carboxylic acids is 1. The van der Waals surface area contributed by atoms with Gasteiger partial charge in [-0.25, -0.2) is 4.98 Å². The first-order valence-corrected chi connectivity index (χ1v) is 4.85. The molecule has 0 atom stereocenters. The van der Waals surface area contributed by atoms with Gasteiger partial charge in [-0.15, -0.1) is 11.3 Å². The van der Waals surface area contributed by atoms with Crippen LogP contribution in [0.1, 0.15) is 19.5 Å². The minimum Gasteiger partial charge on any atom is -0.375 e. The average molecular weight is 230 g/mol. The zero-order valence-corrected chi connectivity index (χ0v) is 8.97. The third kappa shape index (κ3) is 3.62. The van der Waals surface area contributed by atoms with Gasteiger partial charge in [0.1, 0.15) is 5.69 Å². The molecule has 15 heavy (non-hydrogen) atoms. The van der Waals surface area contributed by atoms with Crippen LogP contribution in [0.3, 0.4) is 0 Å². The van der Waals surface area contributed by atoms with Crippen molar-refractivity contribution in [2.75, 3.05) is 5.73 Å². The van der Waals surface area contributed by atoms with Crippen LogP contribution >= 0.6 is 11.3 Å². The maximum absolute atomic E-state index is 12.9. The molecule has 81 valence electrons. The third-order valence-electron chi connectivity index (χ3n) is 1.22. The SMILES string of the molecule is CC(C)(F)O/N=C(\[C]=O)c1csc(N)n1. The molecule has 0 amide bonds. The second-order valence-corrected chi connectivity index (χ2v) is 3.96. The molecule has 0 aromatic carbocycles. The lowest BCUT2D eigenvalue weighted by molar-refractivity contribution is -0.114. The Morgan fingerprint density at radius 3 is 2.87 bits per heavy atom. The van der Waals surface area contributed by atoms with Gasteiger partial charge in [0.2, 0.25) is 0 Å². The molecule has 0 saturated heterocycles. The number of rotatable bonds is 4. The number of nitrogens with zero attached hydrogens (tertiary/aromatic N) is 2. The molecule has 1 heterocycles. The van der Waals surface area contributed by atoms with Crippen LogP contribution in [-0.2, 0) is 9.63 Å². The van der Waals surface area contributed by atoms with Crippen LogP contribution in [0.4, 0.5) is 9.52 Å². The summed E-state index contributed by atoms with van der Waals surface area (Å²) in [6.07, 6.45) is 1.50. The maximum atomic E-state index is 12.9. The summed E-state index contributed by atoms with van der Waals surface area (Å²) < 4.78 is 12.9. The highest BCUT2D eigenvalue weighted by Crippen LogP contribution is 2.14. The van der Waals surface area contributed by atoms with Crippen molar-refractivity contribution in [2.24, 2.45) is 5.16 Å². The summed E-state index contributed by atoms with van der Waals surface area (Å²) in [6, 6.07) is 0. The van der Waals surface area contributed by atoms with Gasteiger partial charge in [0.05, 0.1) is 0 Å². The van der Waals surface area contributed by atoms with Crippen LogP contribution in [0.5, 0.6) is 0 Å². The van der Waals surface area contributed by atoms with E-state index < -0.39 is 5.85 Å². The fourth-order valence-corrected chi connectivity index (χ4v) is 1.22. The van der Waals surface area contributed by atoms with E-state index in [2.05, 4.69) is 15.0 Å². The number of hydrogen-bond donors (Lipinski definition) is 1. The van der Waals surface area contributed by atoms with Crippen LogP contribution in [0, 0.1) is 0 Å². The van der Waals surface area contributed by atoms with E-state index in [4.69, 9.17) is 5.73 Å². The Hall–Kier alpha value is -1.50. The summed E-state index contributed by atoms with van der Waals surface area (Å²) in [7, 11) is 0. The normalized spacial score (nSPS) is 12.6. The predicted molar refractivity (Wildman–Crippen MR) is 55.0 cm³/mol. The van der Waals surface area contributed by atoms with E-state index in [-0.39, 0.29) is 16.5 Å². The molecular weight excluding hydrogens is 221 g/mol. The smallest absolute Gasteiger partial charge is 0.268 e. The van der Waals surface area contributed by atoms with Crippen molar-refractivity contribution < 1.29 is 14.0 Å². The van der Waals surface area contributed by atoms with E-state index in [1.807, 2.05) is 0 Å². The number of aromatic nitrogens is 1. The van der Waals surface area contributed by atoms with Crippen molar-refractivity contribution in [3.63, 3.8) is 0 Å². The van der Waals surface area contributed by atoms with E-state index >= 15 is 0 Å². The van der Waals surface area contributed by atoms with E-state index in [1.54, 1.807) is 0 Å². The van der Waals surface area contributed by atoms with Crippen molar-refractivity contribution in [2.45, 2.75) is 19.7 Å². The molecule has 7 heteroatoms. The molecule has 1 aromatic heterocycles. The second kappa shape index (κ2) is 4.35. The van der Waals surface area contributed by atoms with Crippen LogP contribution in [0.2, 0.25) is 0 Å². The van der Waals surface area contributed by atoms with E-state index in [1.165, 1.54) is 11.7 Å². The highest BCUT2D eigenvalue weighted by molar-refractivity contribution is 7.13. The minimum atomic E-state index is -1.95. The van der Waals surface area contributed by atoms with Gasteiger partial charge in [0.15, 0.2) is 10.8 Å². The second-order valence-electron chi connectivity index (χ2n) is 3.07. The topological polar surface area (TPSA) is 77.6 Å². The molecule has 0 aliphatic carbocycles. The highest BCUT2D eigenvalue weighted by Gasteiger charge is 2.18. The summed E-state index contributed by atoms with van der Waals surface area (Å²) in [5.74, 6) is -1.95. The monoisotopic (exact) mass is 230 g/mol. The lowest BCUT2D eigenvalue weighted by Gasteiger charge is -2.10. The molecule has 0 aliphatic heterocycles. The van der Waals surface area contributed by atoms with Gasteiger partial charge in [-0.05, 0) is 0 Å². The molecule has 0 aliphatic rings. The molecule has 1 rings (SSSR count). The fraction of sp³-hybridized carbons (Fsp3) is 0.375. The summed E-state index contributed by atoms with van der Waals surface area (Å²) in [4.78, 5) is 18.7. The van der Waals surface area contributed by atoms with Crippen LogP contribution < -0.4 is 5.73 Å². The number of alkyl halides is 1. The molecule has 1 radical (unpaired) electrons. The standard InChI is InChI=1S/C8H9FN3O2S/c1-8(2,9)14-12-5(3-13)6-4-15-7(10)11-6/h4H,1-2H3,(H2,10,11)/b12-5+. The fourth-order valence-electron chi connectivity index (χ4n) is 0.668. The van der Waals surface area contributed by atoms with Gasteiger partial charge in [-0.2, -0.15) is 4.39 Å². The Bertz CT molecular complexity index is 383. The van der Waals surface area contributed by atoms with Crippen molar-refractivity contribution >= 4 is 28.5 Å². The Labute approximate surface area is 89.7 Å². The molecule has 0 spiro atoms. The summed E-state index contributed by atoms with van der Waals surface area (Å²) >= 11 is 1.14. The lowest BCUT2D eigenvalue weighted by Crippen LogP contribution is -2.16. The van der Waals surface area contributed by atoms with Gasteiger partial charge in [0.25, 0.3) is 12.1 Å². The summed E-state index contributed by atoms with van der Waals surface area (Å²) in [5.41, 5.74) is 5.37. The highest BCUT2D eigenvalue weighted by atomic mass is 32.1. The average Bonchev–Trinajstić information content (AvgIpc) is 2.51. The first-order chi connectivity index (χ1) is 6.92. The zero-order chi connectivity index (χ0) is 11.5. The van der Waals surface area contributed by atoms with Gasteiger partial charge < -0.3 is 10.6 Å². The minimum absolute atomic E-state index is 0.214. The third-order valence-corrected chi connectivity index (χ3v) is 1.89. The Morgan fingerprint density at radius 1 is 1.80 bits per heavy atom. The van der Waals surface area contributed by atoms with E-state index in [0.717, 1.165) is 25.2 Å². The van der Waals surface area contributed by atoms with Crippen LogP contribution in [-0.4, -0.2) is 22.8 Å². The zero-order valence-electron chi connectivity index (χ0n) is 8.15. The van der Waals surface area contributed by atoms with E-state index in [9.17, 15) is 9.18 Å². The van der Waals surface area contributed by atoms with Crippen molar-refractivity contribution in [1.29, 1.82) is 0 Å². The Kier molecular flexibility index (Phi) is 3.35. The van der Waals surface area contributed by atoms with Gasteiger partial charge in [-0.1, -0.05) is 5.16 Å². The van der Waals surface area contributed by atoms with Crippen molar-refractivity contribution in [1.82, 2.24) is 4.98 Å². The molecular formula is C8H9FN3O2S. The maximum Gasteiger partial charge on any atom is 0.268 e. The van der Waals surface area contributed by atoms with Gasteiger partial charge in [0, 0.05) is 19.2 Å². The predicted octanol–water partition coefficient (Wildman–Crippen LogP) is 1.26. The van der Waals surface area contributed by atoms with Crippen LogP contribution in [0.15, 0.2) is 10.5 Å². The van der Waals surface area contributed by atoms with Gasteiger partial charge in [-0.3, -0.25) is 4.79 Å². The Balaban J connectivity index is 2.85. The lowest BCUT2D eigenvalue weighted by atomic mass is 10.3. The Morgan fingerprint density at radius 2 is 2.47 bits per heavy atom. The molecule has 2 N–H and O–H groups in total. The first-order valence-electron chi connectivity index (χ1n) is 3.97. The van der Waals surface area contributed by atoms with Crippen molar-refractivity contribution in [3.8, 4) is 0 Å². The molecule has 5 nitrogen and oxygen atoms in total. The quantitative estimate of drug-likeness (QED) is 0.624. The van der Waals surface area contributed by atoms with Crippen molar-refractivity contribution in [3.05, 3.63) is 11.1 Å². The first kappa shape index (κ1) is 11.6. The molecule has 0 saturated carbocycles. The largest absolute Gasteiger partial charge is 0.375 e. The number of nitrogens with two attached hydrogens (primary N) is 1. The summed E-state index contributed by atoms with van der Waals surface area (Å²) in [6.45, 7) is 2.32. The van der Waals surface area contributed by atoms with E-state index in [0.29, 0.717) is 0 Å². The number of oxime groups is 1. The number of hydrogen-bond acceptors (Lipinski definition) is 6. The molecule has 0 unspecified atom stereocenters. The number of halogens is 1. The molecule has 0 bridgehead atoms. The van der Waals surface area contributed by atoms with Crippen LogP contribution in [0.25, 0.3) is 0 Å². The number of anilines is 1. The van der Waals surface area contributed by atoms with Gasteiger partial charge >= 0.3 is 0 Å². The summed E-state index contributed by atoms with van der Waals surface area (Å²) in [5, 5.41) is 5.10. The number of thiazole rings is 1. The molecule has 1 aromatic rings.